The lowest BCUT2D eigenvalue weighted by Gasteiger charge is -2.08. The fourth-order valence-corrected chi connectivity index (χ4v) is 1.60. The van der Waals surface area contributed by atoms with E-state index < -0.39 is 4.92 Å². The van der Waals surface area contributed by atoms with Crippen LogP contribution in [0.15, 0.2) is 36.5 Å². The third-order valence-electron chi connectivity index (χ3n) is 2.61. The third-order valence-corrected chi connectivity index (χ3v) is 2.61. The first-order chi connectivity index (χ1) is 8.56. The molecular weight excluding hydrogens is 230 g/mol. The van der Waals surface area contributed by atoms with Crippen molar-refractivity contribution in [3.8, 4) is 0 Å². The number of pyridine rings is 1. The summed E-state index contributed by atoms with van der Waals surface area (Å²) in [7, 11) is 0. The highest BCUT2D eigenvalue weighted by Crippen LogP contribution is 2.24. The predicted octanol–water partition coefficient (Wildman–Crippen LogP) is 3.35. The molecule has 0 amide bonds. The number of aromatic nitrogens is 1. The maximum absolute atomic E-state index is 10.7. The van der Waals surface area contributed by atoms with Crippen molar-refractivity contribution in [1.29, 1.82) is 0 Å². The fraction of sp³-hybridized carbons (Fsp3) is 0.154. The number of benzene rings is 1. The van der Waals surface area contributed by atoms with E-state index in [9.17, 15) is 10.1 Å². The minimum atomic E-state index is -0.408. The number of nitro groups is 1. The van der Waals surface area contributed by atoms with Crippen molar-refractivity contribution in [2.24, 2.45) is 0 Å². The molecule has 1 heterocycles. The zero-order chi connectivity index (χ0) is 13.1. The molecule has 0 unspecified atom stereocenters. The Bertz CT molecular complexity index is 597. The summed E-state index contributed by atoms with van der Waals surface area (Å²) in [5.74, 6) is 0.679. The largest absolute Gasteiger partial charge is 0.340 e. The van der Waals surface area contributed by atoms with Gasteiger partial charge in [0.1, 0.15) is 5.82 Å². The van der Waals surface area contributed by atoms with Crippen LogP contribution in [-0.2, 0) is 0 Å². The highest BCUT2D eigenvalue weighted by Gasteiger charge is 2.09. The van der Waals surface area contributed by atoms with Crippen LogP contribution in [0.5, 0.6) is 0 Å². The Morgan fingerprint density at radius 2 is 2.00 bits per heavy atom. The number of nitro benzene ring substituents is 1. The van der Waals surface area contributed by atoms with Crippen molar-refractivity contribution in [2.75, 3.05) is 5.32 Å². The van der Waals surface area contributed by atoms with Crippen molar-refractivity contribution in [2.45, 2.75) is 13.8 Å². The van der Waals surface area contributed by atoms with Crippen LogP contribution >= 0.6 is 0 Å². The zero-order valence-electron chi connectivity index (χ0n) is 10.2. The summed E-state index contributed by atoms with van der Waals surface area (Å²) in [5, 5.41) is 13.8. The molecule has 5 heteroatoms. The Morgan fingerprint density at radius 3 is 2.67 bits per heavy atom. The Hall–Kier alpha value is -2.43. The average Bonchev–Trinajstić information content (AvgIpc) is 2.31. The molecule has 0 fully saturated rings. The van der Waals surface area contributed by atoms with Crippen molar-refractivity contribution in [1.82, 2.24) is 4.98 Å². The van der Waals surface area contributed by atoms with E-state index in [0.717, 1.165) is 11.1 Å². The monoisotopic (exact) mass is 243 g/mol. The minimum absolute atomic E-state index is 0.0655. The van der Waals surface area contributed by atoms with Crippen molar-refractivity contribution < 1.29 is 4.92 Å². The summed E-state index contributed by atoms with van der Waals surface area (Å²) in [4.78, 5) is 14.5. The lowest BCUT2D eigenvalue weighted by molar-refractivity contribution is -0.384. The number of anilines is 2. The van der Waals surface area contributed by atoms with E-state index in [4.69, 9.17) is 0 Å². The summed E-state index contributed by atoms with van der Waals surface area (Å²) in [5.41, 5.74) is 2.78. The number of hydrogen-bond donors (Lipinski definition) is 1. The van der Waals surface area contributed by atoms with Crippen LogP contribution in [0.1, 0.15) is 11.1 Å². The lowest BCUT2D eigenvalue weighted by atomic mass is 10.2. The molecule has 5 nitrogen and oxygen atoms in total. The Kier molecular flexibility index (Phi) is 3.23. The van der Waals surface area contributed by atoms with Crippen molar-refractivity contribution in [3.63, 3.8) is 0 Å². The number of rotatable bonds is 3. The van der Waals surface area contributed by atoms with Crippen LogP contribution in [-0.4, -0.2) is 9.91 Å². The van der Waals surface area contributed by atoms with E-state index in [1.54, 1.807) is 12.3 Å². The van der Waals surface area contributed by atoms with Gasteiger partial charge < -0.3 is 5.32 Å². The fourth-order valence-electron chi connectivity index (χ4n) is 1.60. The zero-order valence-corrected chi connectivity index (χ0v) is 10.2. The minimum Gasteiger partial charge on any atom is -0.340 e. The SMILES string of the molecule is Cc1ccnc(Nc2cc([N+](=O)[O-])ccc2C)c1. The average molecular weight is 243 g/mol. The number of non-ortho nitro benzene ring substituents is 1. The van der Waals surface area contributed by atoms with E-state index >= 15 is 0 Å². The topological polar surface area (TPSA) is 68.1 Å². The molecule has 0 aliphatic heterocycles. The molecule has 0 bridgehead atoms. The molecule has 0 saturated carbocycles. The molecule has 0 saturated heterocycles. The van der Waals surface area contributed by atoms with Crippen LogP contribution in [0.3, 0.4) is 0 Å². The first-order valence-electron chi connectivity index (χ1n) is 5.51. The standard InChI is InChI=1S/C13H13N3O2/c1-9-5-6-14-13(7-9)15-12-8-11(16(17)18)4-3-10(12)2/h3-8H,1-2H3,(H,14,15). The molecular formula is C13H13N3O2. The molecule has 0 radical (unpaired) electrons. The molecule has 0 spiro atoms. The second-order valence-corrected chi connectivity index (χ2v) is 4.10. The molecule has 1 aromatic carbocycles. The molecule has 0 aliphatic carbocycles. The smallest absolute Gasteiger partial charge is 0.271 e. The first kappa shape index (κ1) is 12.0. The van der Waals surface area contributed by atoms with Crippen LogP contribution in [0.4, 0.5) is 17.2 Å². The summed E-state index contributed by atoms with van der Waals surface area (Å²) in [6, 6.07) is 8.50. The van der Waals surface area contributed by atoms with Crippen LogP contribution < -0.4 is 5.32 Å². The molecule has 2 rings (SSSR count). The van der Waals surface area contributed by atoms with Gasteiger partial charge in [-0.1, -0.05) is 6.07 Å². The molecule has 2 aromatic rings. The normalized spacial score (nSPS) is 10.1. The molecule has 1 aromatic heterocycles. The van der Waals surface area contributed by atoms with Gasteiger partial charge in [-0.15, -0.1) is 0 Å². The maximum atomic E-state index is 10.7. The van der Waals surface area contributed by atoms with Crippen LogP contribution in [0.2, 0.25) is 0 Å². The van der Waals surface area contributed by atoms with Gasteiger partial charge in [-0.2, -0.15) is 0 Å². The van der Waals surface area contributed by atoms with Crippen LogP contribution in [0, 0.1) is 24.0 Å². The number of hydrogen-bond acceptors (Lipinski definition) is 4. The second kappa shape index (κ2) is 4.83. The predicted molar refractivity (Wildman–Crippen MR) is 70.1 cm³/mol. The Balaban J connectivity index is 2.33. The van der Waals surface area contributed by atoms with E-state index in [1.165, 1.54) is 12.1 Å². The molecule has 0 atom stereocenters. The molecule has 92 valence electrons. The number of nitrogens with one attached hydrogen (secondary N) is 1. The van der Waals surface area contributed by atoms with Gasteiger partial charge >= 0.3 is 0 Å². The van der Waals surface area contributed by atoms with Crippen molar-refractivity contribution >= 4 is 17.2 Å². The molecule has 0 aliphatic rings. The van der Waals surface area contributed by atoms with Gasteiger partial charge in [0.05, 0.1) is 4.92 Å². The van der Waals surface area contributed by atoms with E-state index in [0.29, 0.717) is 11.5 Å². The van der Waals surface area contributed by atoms with Crippen molar-refractivity contribution in [3.05, 3.63) is 57.8 Å². The highest BCUT2D eigenvalue weighted by atomic mass is 16.6. The van der Waals surface area contributed by atoms with E-state index in [1.807, 2.05) is 26.0 Å². The number of nitrogens with zero attached hydrogens (tertiary/aromatic N) is 2. The first-order valence-corrected chi connectivity index (χ1v) is 5.51. The molecule has 1 N–H and O–H groups in total. The Labute approximate surface area is 105 Å². The highest BCUT2D eigenvalue weighted by molar-refractivity contribution is 5.63. The lowest BCUT2D eigenvalue weighted by Crippen LogP contribution is -1.97. The quantitative estimate of drug-likeness (QED) is 0.663. The summed E-state index contributed by atoms with van der Waals surface area (Å²) in [6.45, 7) is 3.86. The van der Waals surface area contributed by atoms with Gasteiger partial charge in [-0.05, 0) is 37.1 Å². The number of aryl methyl sites for hydroxylation is 2. The third kappa shape index (κ3) is 2.63. The van der Waals surface area contributed by atoms with Gasteiger partial charge in [0.25, 0.3) is 5.69 Å². The van der Waals surface area contributed by atoms with E-state index in [2.05, 4.69) is 10.3 Å². The maximum Gasteiger partial charge on any atom is 0.271 e. The molecule has 18 heavy (non-hydrogen) atoms. The van der Waals surface area contributed by atoms with Gasteiger partial charge in [0.2, 0.25) is 0 Å². The summed E-state index contributed by atoms with van der Waals surface area (Å²) in [6.07, 6.45) is 1.70. The summed E-state index contributed by atoms with van der Waals surface area (Å²) < 4.78 is 0. The Morgan fingerprint density at radius 1 is 1.22 bits per heavy atom. The van der Waals surface area contributed by atoms with Crippen LogP contribution in [0.25, 0.3) is 0 Å². The van der Waals surface area contributed by atoms with E-state index in [-0.39, 0.29) is 5.69 Å². The second-order valence-electron chi connectivity index (χ2n) is 4.10. The van der Waals surface area contributed by atoms with Gasteiger partial charge in [-0.25, -0.2) is 4.98 Å². The van der Waals surface area contributed by atoms with Gasteiger partial charge in [0, 0.05) is 24.0 Å². The van der Waals surface area contributed by atoms with Gasteiger partial charge in [0.15, 0.2) is 0 Å². The summed E-state index contributed by atoms with van der Waals surface area (Å²) >= 11 is 0. The van der Waals surface area contributed by atoms with Gasteiger partial charge in [-0.3, -0.25) is 10.1 Å².